The lowest BCUT2D eigenvalue weighted by Gasteiger charge is -2.06. The van der Waals surface area contributed by atoms with Crippen molar-refractivity contribution in [2.75, 3.05) is 0 Å². The Morgan fingerprint density at radius 1 is 0.812 bits per heavy atom. The summed E-state index contributed by atoms with van der Waals surface area (Å²) in [7, 11) is 0. The van der Waals surface area contributed by atoms with Crippen molar-refractivity contribution in [1.29, 1.82) is 0 Å². The molecule has 2 aromatic rings. The minimum absolute atomic E-state index is 0.312. The van der Waals surface area contributed by atoms with Crippen LogP contribution in [-0.4, -0.2) is 11.8 Å². The van der Waals surface area contributed by atoms with E-state index in [9.17, 15) is 9.59 Å². The molecule has 0 heterocycles. The third kappa shape index (κ3) is 1.50. The second-order valence-electron chi connectivity index (χ2n) is 3.44. The molecule has 4 heteroatoms. The van der Waals surface area contributed by atoms with Crippen LogP contribution < -0.4 is 11.5 Å². The molecule has 0 saturated heterocycles. The van der Waals surface area contributed by atoms with Gasteiger partial charge in [-0.05, 0) is 17.5 Å². The van der Waals surface area contributed by atoms with Gasteiger partial charge in [0.15, 0.2) is 0 Å². The summed E-state index contributed by atoms with van der Waals surface area (Å²) in [5.41, 5.74) is 11.1. The highest BCUT2D eigenvalue weighted by Gasteiger charge is 2.12. The van der Waals surface area contributed by atoms with Gasteiger partial charge in [0.25, 0.3) is 0 Å². The first-order valence-corrected chi connectivity index (χ1v) is 4.72. The molecule has 0 aromatic heterocycles. The first-order valence-electron chi connectivity index (χ1n) is 4.72. The molecule has 2 amide bonds. The van der Waals surface area contributed by atoms with Crippen molar-refractivity contribution in [3.63, 3.8) is 0 Å². The predicted molar refractivity (Wildman–Crippen MR) is 61.0 cm³/mol. The van der Waals surface area contributed by atoms with E-state index >= 15 is 0 Å². The number of hydrogen-bond donors (Lipinski definition) is 2. The van der Waals surface area contributed by atoms with E-state index in [0.29, 0.717) is 16.5 Å². The highest BCUT2D eigenvalue weighted by atomic mass is 16.1. The normalized spacial score (nSPS) is 10.2. The molecule has 0 fully saturated rings. The number of carbonyl (C=O) groups excluding carboxylic acids is 2. The van der Waals surface area contributed by atoms with Crippen LogP contribution in [0, 0.1) is 0 Å². The second-order valence-corrected chi connectivity index (χ2v) is 3.44. The van der Waals surface area contributed by atoms with Crippen molar-refractivity contribution in [2.45, 2.75) is 0 Å². The van der Waals surface area contributed by atoms with E-state index in [4.69, 9.17) is 11.5 Å². The number of rotatable bonds is 2. The van der Waals surface area contributed by atoms with Crippen LogP contribution in [0.5, 0.6) is 0 Å². The zero-order chi connectivity index (χ0) is 11.7. The average molecular weight is 214 g/mol. The van der Waals surface area contributed by atoms with Gasteiger partial charge in [-0.1, -0.05) is 24.3 Å². The number of hydrogen-bond acceptors (Lipinski definition) is 2. The van der Waals surface area contributed by atoms with E-state index in [0.717, 1.165) is 5.39 Å². The van der Waals surface area contributed by atoms with Gasteiger partial charge in [-0.2, -0.15) is 0 Å². The van der Waals surface area contributed by atoms with Crippen molar-refractivity contribution < 1.29 is 9.59 Å². The van der Waals surface area contributed by atoms with Crippen molar-refractivity contribution in [3.05, 3.63) is 47.5 Å². The van der Waals surface area contributed by atoms with E-state index in [1.54, 1.807) is 36.4 Å². The van der Waals surface area contributed by atoms with Gasteiger partial charge in [-0.25, -0.2) is 0 Å². The number of amides is 2. The zero-order valence-electron chi connectivity index (χ0n) is 8.44. The van der Waals surface area contributed by atoms with Gasteiger partial charge in [0.05, 0.1) is 0 Å². The standard InChI is InChI=1S/C12H10N2O2/c13-11(15)8-5-1-3-7-4-2-6-9(10(7)8)12(14)16/h1-6H,(H2,13,15)(H2,14,16). The molecular formula is C12H10N2O2. The monoisotopic (exact) mass is 214 g/mol. The molecule has 0 atom stereocenters. The summed E-state index contributed by atoms with van der Waals surface area (Å²) in [6.07, 6.45) is 0. The van der Waals surface area contributed by atoms with E-state index in [2.05, 4.69) is 0 Å². The van der Waals surface area contributed by atoms with Crippen LogP contribution in [0.3, 0.4) is 0 Å². The molecule has 2 aromatic carbocycles. The Kier molecular flexibility index (Phi) is 2.32. The number of primary amides is 2. The van der Waals surface area contributed by atoms with Gasteiger partial charge in [-0.3, -0.25) is 9.59 Å². The number of fused-ring (bicyclic) bond motifs is 1. The molecule has 0 radical (unpaired) electrons. The lowest BCUT2D eigenvalue weighted by atomic mass is 9.98. The summed E-state index contributed by atoms with van der Waals surface area (Å²) in [6, 6.07) is 10.2. The van der Waals surface area contributed by atoms with E-state index in [1.165, 1.54) is 0 Å². The zero-order valence-corrected chi connectivity index (χ0v) is 8.44. The smallest absolute Gasteiger partial charge is 0.249 e. The maximum absolute atomic E-state index is 11.3. The van der Waals surface area contributed by atoms with Crippen LogP contribution in [0.25, 0.3) is 10.8 Å². The van der Waals surface area contributed by atoms with E-state index < -0.39 is 11.8 Å². The van der Waals surface area contributed by atoms with Gasteiger partial charge in [0.2, 0.25) is 11.8 Å². The second kappa shape index (κ2) is 3.66. The maximum atomic E-state index is 11.3. The Bertz CT molecular complexity index is 542. The molecule has 4 N–H and O–H groups in total. The molecule has 0 spiro atoms. The van der Waals surface area contributed by atoms with Gasteiger partial charge in [-0.15, -0.1) is 0 Å². The van der Waals surface area contributed by atoms with Gasteiger partial charge in [0, 0.05) is 16.5 Å². The maximum Gasteiger partial charge on any atom is 0.249 e. The minimum atomic E-state index is -0.570. The van der Waals surface area contributed by atoms with Crippen LogP contribution in [0.4, 0.5) is 0 Å². The van der Waals surface area contributed by atoms with E-state index in [-0.39, 0.29) is 0 Å². The molecular weight excluding hydrogens is 204 g/mol. The third-order valence-electron chi connectivity index (χ3n) is 2.44. The Hall–Kier alpha value is -2.36. The Morgan fingerprint density at radius 2 is 1.25 bits per heavy atom. The summed E-state index contributed by atoms with van der Waals surface area (Å²) in [5.74, 6) is -1.14. The fourth-order valence-electron chi connectivity index (χ4n) is 1.75. The molecule has 0 saturated carbocycles. The molecule has 2 rings (SSSR count). The first kappa shape index (κ1) is 10.2. The summed E-state index contributed by atoms with van der Waals surface area (Å²) in [5, 5.41) is 1.29. The summed E-state index contributed by atoms with van der Waals surface area (Å²) in [4.78, 5) is 22.5. The van der Waals surface area contributed by atoms with Crippen molar-refractivity contribution >= 4 is 22.6 Å². The van der Waals surface area contributed by atoms with Crippen LogP contribution in [0.2, 0.25) is 0 Å². The summed E-state index contributed by atoms with van der Waals surface area (Å²) in [6.45, 7) is 0. The third-order valence-corrected chi connectivity index (χ3v) is 2.44. The average Bonchev–Trinajstić information content (AvgIpc) is 2.27. The number of nitrogens with two attached hydrogens (primary N) is 2. The fourth-order valence-corrected chi connectivity index (χ4v) is 1.75. The van der Waals surface area contributed by atoms with Crippen LogP contribution in [-0.2, 0) is 0 Å². The van der Waals surface area contributed by atoms with Gasteiger partial charge >= 0.3 is 0 Å². The largest absolute Gasteiger partial charge is 0.366 e. The van der Waals surface area contributed by atoms with Crippen molar-refractivity contribution in [3.8, 4) is 0 Å². The van der Waals surface area contributed by atoms with E-state index in [1.807, 2.05) is 0 Å². The molecule has 0 aliphatic heterocycles. The summed E-state index contributed by atoms with van der Waals surface area (Å²) < 4.78 is 0. The lowest BCUT2D eigenvalue weighted by Crippen LogP contribution is -2.16. The van der Waals surface area contributed by atoms with Crippen molar-refractivity contribution in [1.82, 2.24) is 0 Å². The molecule has 0 unspecified atom stereocenters. The molecule has 0 aliphatic carbocycles. The highest BCUT2D eigenvalue weighted by Crippen LogP contribution is 2.22. The van der Waals surface area contributed by atoms with Crippen molar-refractivity contribution in [2.24, 2.45) is 11.5 Å². The summed E-state index contributed by atoms with van der Waals surface area (Å²) >= 11 is 0. The van der Waals surface area contributed by atoms with Crippen LogP contribution in [0.1, 0.15) is 20.7 Å². The van der Waals surface area contributed by atoms with Gasteiger partial charge in [0.1, 0.15) is 0 Å². The molecule has 16 heavy (non-hydrogen) atoms. The quantitative estimate of drug-likeness (QED) is 0.782. The fraction of sp³-hybridized carbons (Fsp3) is 0. The first-order chi connectivity index (χ1) is 7.61. The van der Waals surface area contributed by atoms with Crippen LogP contribution >= 0.6 is 0 Å². The molecule has 0 bridgehead atoms. The van der Waals surface area contributed by atoms with Gasteiger partial charge < -0.3 is 11.5 Å². The Balaban J connectivity index is 2.92. The minimum Gasteiger partial charge on any atom is -0.366 e. The van der Waals surface area contributed by atoms with Crippen LogP contribution in [0.15, 0.2) is 36.4 Å². The molecule has 4 nitrogen and oxygen atoms in total. The predicted octanol–water partition coefficient (Wildman–Crippen LogP) is 1.04. The lowest BCUT2D eigenvalue weighted by molar-refractivity contribution is 0.0998. The highest BCUT2D eigenvalue weighted by molar-refractivity contribution is 6.15. The Morgan fingerprint density at radius 3 is 1.62 bits per heavy atom. The Labute approximate surface area is 91.8 Å². The number of carbonyl (C=O) groups is 2. The molecule has 80 valence electrons. The number of benzene rings is 2. The molecule has 0 aliphatic rings. The topological polar surface area (TPSA) is 86.2 Å². The SMILES string of the molecule is NC(=O)c1cccc2cccc(C(N)=O)c12.